The van der Waals surface area contributed by atoms with Crippen LogP contribution in [0.2, 0.25) is 0 Å². The van der Waals surface area contributed by atoms with Gasteiger partial charge in [-0.25, -0.2) is 14.4 Å². The number of nitrogens with zero attached hydrogens (tertiary/aromatic N) is 6. The zero-order valence-corrected chi connectivity index (χ0v) is 47.2. The summed E-state index contributed by atoms with van der Waals surface area (Å²) in [6.45, 7) is 3.98. The minimum Gasteiger partial charge on any atom is -0.492 e. The number of halogens is 2. The van der Waals surface area contributed by atoms with Crippen LogP contribution in [-0.2, 0) is 14.0 Å². The van der Waals surface area contributed by atoms with Crippen molar-refractivity contribution in [1.82, 2.24) is 13.7 Å². The molecule has 0 bridgehead atoms. The Morgan fingerprint density at radius 1 is 0.444 bits per heavy atom. The molecule has 6 aromatic rings. The monoisotopic (exact) mass is 1150 g/mol. The molecule has 3 aliphatic heterocycles. The Kier molecular flexibility index (Phi) is 16.3. The van der Waals surface area contributed by atoms with Crippen LogP contribution in [-0.4, -0.2) is 118 Å². The number of methoxy groups -OCH3 is 3. The zero-order chi connectivity index (χ0) is 55.0. The summed E-state index contributed by atoms with van der Waals surface area (Å²) in [5, 5.41) is 0.474. The summed E-state index contributed by atoms with van der Waals surface area (Å²) in [5.74, 6) is -2.56. The fourth-order valence-electron chi connectivity index (χ4n) is 12.1. The number of ether oxygens (including phenoxy) is 3. The smallest absolute Gasteiger partial charge is 0.492 e. The van der Waals surface area contributed by atoms with E-state index in [0.29, 0.717) is 53.4 Å². The number of aromatic nitrogens is 3. The molecule has 6 N–H and O–H groups in total. The highest BCUT2D eigenvalue weighted by atomic mass is 35.5. The summed E-state index contributed by atoms with van der Waals surface area (Å²) < 4.78 is 40.9. The van der Waals surface area contributed by atoms with Crippen molar-refractivity contribution in [1.29, 1.82) is 0 Å². The number of benzene rings is 3. The highest BCUT2D eigenvalue weighted by Gasteiger charge is 2.42. The molecule has 430 valence electrons. The van der Waals surface area contributed by atoms with Crippen molar-refractivity contribution in [3.63, 3.8) is 0 Å². The van der Waals surface area contributed by atoms with E-state index in [9.17, 15) is 28.8 Å². The number of piperidine rings is 3. The Balaban J connectivity index is 0.00000368. The molecule has 3 saturated heterocycles. The number of anilines is 3. The second kappa shape index (κ2) is 23.1. The van der Waals surface area contributed by atoms with Gasteiger partial charge in [0.25, 0.3) is 0 Å². The van der Waals surface area contributed by atoms with Crippen LogP contribution in [0.5, 0.6) is 17.2 Å². The maximum Gasteiger partial charge on any atom is 0.870 e. The van der Waals surface area contributed by atoms with Crippen LogP contribution in [0.3, 0.4) is 0 Å². The van der Waals surface area contributed by atoms with Crippen LogP contribution >= 0.6 is 24.8 Å². The SMILES string of the molecule is COc1c(N2CCCC(N)C2)ccc2c(=O)c(C(=O)OB(OC(=O)c3cn(C4CC4)c4c(OC)c(N5CCCC(N)C5)ccc4c3=O)OC(=O)c3cn(C4CC4)c4c(OC)c(N5CCCC(N)C5)ccc4c3=O)cn(C3CC3)c12.Cl.Cl. The largest absolute Gasteiger partial charge is 0.870 e. The molecular formula is C57H68BCl2N9O12. The van der Waals surface area contributed by atoms with Gasteiger partial charge < -0.3 is 73.8 Å². The van der Waals surface area contributed by atoms with E-state index in [-0.39, 0.29) is 77.2 Å². The normalized spacial score (nSPS) is 20.1. The lowest BCUT2D eigenvalue weighted by Crippen LogP contribution is -2.43. The second-order valence-electron chi connectivity index (χ2n) is 22.1. The zero-order valence-electron chi connectivity index (χ0n) is 45.6. The van der Waals surface area contributed by atoms with Crippen molar-refractivity contribution in [2.75, 3.05) is 75.3 Å². The third-order valence-electron chi connectivity index (χ3n) is 16.5. The topological polar surface area (TPSA) is 260 Å². The van der Waals surface area contributed by atoms with Crippen molar-refractivity contribution in [2.45, 2.75) is 113 Å². The minimum atomic E-state index is -2.52. The molecule has 81 heavy (non-hydrogen) atoms. The standard InChI is InChI=1S/C57H66BN9O12.2ClH/c1-74-52-43(62-22-4-7-31(59)25-62)19-16-37-46(52)65(34-10-11-34)28-40(49(37)68)55(71)77-58(78-56(72)41-29-66(35-12-13-35)47-38(50(41)69)17-20-44(53(47)75-2)63-23-5-8-32(60)26-63)79-57(73)42-30-67(36-14-15-36)48-39(51(42)70)18-21-45(54(48)76-3)64-24-6-9-33(61)27-64;;/h16-21,28-36H,4-15,22-27,59-61H2,1-3H3;2*1H. The highest BCUT2D eigenvalue weighted by molar-refractivity contribution is 6.45. The molecule has 6 fully saturated rings. The maximum atomic E-state index is 14.7. The highest BCUT2D eigenvalue weighted by Crippen LogP contribution is 2.46. The molecular weight excluding hydrogens is 1080 g/mol. The Hall–Kier alpha value is -6.98. The van der Waals surface area contributed by atoms with Crippen molar-refractivity contribution >= 4 is 99.8 Å². The van der Waals surface area contributed by atoms with E-state index in [4.69, 9.17) is 45.4 Å². The third kappa shape index (κ3) is 10.8. The molecule has 0 radical (unpaired) electrons. The van der Waals surface area contributed by atoms with Crippen molar-refractivity contribution in [3.8, 4) is 17.2 Å². The number of hydrogen-bond donors (Lipinski definition) is 3. The summed E-state index contributed by atoms with van der Waals surface area (Å²) in [6.07, 6.45) is 13.9. The summed E-state index contributed by atoms with van der Waals surface area (Å²) in [4.78, 5) is 94.4. The number of hydrogen-bond acceptors (Lipinski definition) is 18. The van der Waals surface area contributed by atoms with E-state index < -0.39 is 58.2 Å². The number of pyridine rings is 3. The number of nitrogens with two attached hydrogens (primary N) is 3. The predicted octanol–water partition coefficient (Wildman–Crippen LogP) is 6.14. The van der Waals surface area contributed by atoms with E-state index in [2.05, 4.69) is 14.7 Å². The maximum absolute atomic E-state index is 14.7. The molecule has 3 aromatic heterocycles. The van der Waals surface area contributed by atoms with Gasteiger partial charge >= 0.3 is 25.2 Å². The number of rotatable bonds is 15. The molecule has 6 heterocycles. The summed E-state index contributed by atoms with van der Waals surface area (Å²) in [7, 11) is 2.07. The van der Waals surface area contributed by atoms with Gasteiger partial charge in [0.1, 0.15) is 16.7 Å². The van der Waals surface area contributed by atoms with E-state index in [1.807, 2.05) is 13.7 Å². The van der Waals surface area contributed by atoms with E-state index in [1.54, 1.807) is 36.4 Å². The van der Waals surface area contributed by atoms with Gasteiger partial charge in [-0.1, -0.05) is 0 Å². The molecule has 3 unspecified atom stereocenters. The van der Waals surface area contributed by atoms with Gasteiger partial charge in [0.05, 0.1) is 71.1 Å². The van der Waals surface area contributed by atoms with Crippen LogP contribution in [0.25, 0.3) is 32.7 Å². The van der Waals surface area contributed by atoms with E-state index in [0.717, 1.165) is 114 Å². The molecule has 0 amide bonds. The van der Waals surface area contributed by atoms with Crippen molar-refractivity contribution in [3.05, 3.63) is 102 Å². The summed E-state index contributed by atoms with van der Waals surface area (Å²) in [5.41, 5.74) is 19.3. The third-order valence-corrected chi connectivity index (χ3v) is 16.5. The molecule has 6 aliphatic rings. The van der Waals surface area contributed by atoms with Gasteiger partial charge in [-0.3, -0.25) is 14.4 Å². The lowest BCUT2D eigenvalue weighted by atomic mass is 10.0. The molecule has 3 atom stereocenters. The van der Waals surface area contributed by atoms with E-state index >= 15 is 0 Å². The Morgan fingerprint density at radius 3 is 0.951 bits per heavy atom. The van der Waals surface area contributed by atoms with Crippen LogP contribution in [0.1, 0.15) is 126 Å². The van der Waals surface area contributed by atoms with Crippen LogP contribution in [0.4, 0.5) is 17.1 Å². The first-order valence-corrected chi connectivity index (χ1v) is 27.7. The van der Waals surface area contributed by atoms with Crippen LogP contribution < -0.4 is 62.4 Å². The minimum absolute atomic E-state index is 0. The lowest BCUT2D eigenvalue weighted by Gasteiger charge is -2.34. The van der Waals surface area contributed by atoms with E-state index in [1.165, 1.54) is 39.9 Å². The van der Waals surface area contributed by atoms with Crippen molar-refractivity contribution < 1.29 is 42.6 Å². The first-order valence-electron chi connectivity index (χ1n) is 27.7. The van der Waals surface area contributed by atoms with Gasteiger partial charge in [-0.2, -0.15) is 0 Å². The lowest BCUT2D eigenvalue weighted by molar-refractivity contribution is 0.0407. The molecule has 3 saturated carbocycles. The summed E-state index contributed by atoms with van der Waals surface area (Å²) >= 11 is 0. The Bertz CT molecular complexity index is 3290. The summed E-state index contributed by atoms with van der Waals surface area (Å²) in [6, 6.07) is 9.79. The molecule has 0 spiro atoms. The predicted molar refractivity (Wildman–Crippen MR) is 314 cm³/mol. The fraction of sp³-hybridized carbons (Fsp3) is 0.474. The number of carbonyl (C=O) groups is 3. The quantitative estimate of drug-likeness (QED) is 0.0975. The molecule has 12 rings (SSSR count). The van der Waals surface area contributed by atoms with Gasteiger partial charge in [-0.15, -0.1) is 24.8 Å². The van der Waals surface area contributed by atoms with Gasteiger partial charge in [-0.05, 0) is 113 Å². The molecule has 3 aromatic carbocycles. The van der Waals surface area contributed by atoms with Gasteiger partial charge in [0.2, 0.25) is 16.3 Å². The molecule has 3 aliphatic carbocycles. The Labute approximate surface area is 479 Å². The average Bonchev–Trinajstić information content (AvgIpc) is 3.82. The number of carbonyl (C=O) groups excluding carboxylic acids is 3. The second-order valence-corrected chi connectivity index (χ2v) is 22.1. The fourth-order valence-corrected chi connectivity index (χ4v) is 12.1. The van der Waals surface area contributed by atoms with Gasteiger partial charge in [0, 0.05) is 94.1 Å². The number of fused-ring (bicyclic) bond motifs is 3. The molecule has 24 heteroatoms. The average molecular weight is 1150 g/mol. The van der Waals surface area contributed by atoms with Crippen LogP contribution in [0.15, 0.2) is 69.4 Å². The first kappa shape index (κ1) is 57.3. The Morgan fingerprint density at radius 2 is 0.716 bits per heavy atom. The van der Waals surface area contributed by atoms with Gasteiger partial charge in [0.15, 0.2) is 17.2 Å². The first-order chi connectivity index (χ1) is 38.2. The van der Waals surface area contributed by atoms with Crippen LogP contribution in [0, 0.1) is 0 Å². The molecule has 21 nitrogen and oxygen atoms in total. The van der Waals surface area contributed by atoms with Crippen molar-refractivity contribution in [2.24, 2.45) is 17.2 Å².